The standard InChI is InChI=1S/C18H14F3N/c19-11-6-4-10(5-7-11)17-14-3-1-2-13(14)15-8-12(20)9-16(21)18(15)22-17/h1-2,4-9,13-14,17,22H,3H2/t13-,14+,17+/m1/s1. The number of hydrogen-bond acceptors (Lipinski definition) is 1. The maximum atomic E-state index is 14.2. The molecule has 22 heavy (non-hydrogen) atoms. The summed E-state index contributed by atoms with van der Waals surface area (Å²) in [5.74, 6) is -1.27. The van der Waals surface area contributed by atoms with E-state index in [0.717, 1.165) is 18.1 Å². The molecule has 2 aliphatic rings. The van der Waals surface area contributed by atoms with Crippen molar-refractivity contribution < 1.29 is 13.2 Å². The minimum Gasteiger partial charge on any atom is -0.375 e. The van der Waals surface area contributed by atoms with Crippen LogP contribution in [0, 0.1) is 23.4 Å². The van der Waals surface area contributed by atoms with Crippen LogP contribution in [0.1, 0.15) is 29.5 Å². The summed E-state index contributed by atoms with van der Waals surface area (Å²) in [5.41, 5.74) is 1.92. The van der Waals surface area contributed by atoms with Gasteiger partial charge in [-0.25, -0.2) is 13.2 Å². The van der Waals surface area contributed by atoms with E-state index in [2.05, 4.69) is 5.32 Å². The van der Waals surface area contributed by atoms with E-state index in [1.807, 2.05) is 12.2 Å². The van der Waals surface area contributed by atoms with E-state index in [0.29, 0.717) is 11.3 Å². The molecule has 1 aliphatic heterocycles. The second kappa shape index (κ2) is 4.90. The SMILES string of the molecule is Fc1ccc([C@@H]2Nc3c(F)cc(F)cc3[C@@H]3C=CC[C@@H]32)cc1. The van der Waals surface area contributed by atoms with E-state index >= 15 is 0 Å². The van der Waals surface area contributed by atoms with Crippen molar-refractivity contribution in [2.75, 3.05) is 5.32 Å². The Kier molecular flexibility index (Phi) is 2.99. The fourth-order valence-corrected chi connectivity index (χ4v) is 3.62. The van der Waals surface area contributed by atoms with Crippen molar-refractivity contribution in [3.63, 3.8) is 0 Å². The topological polar surface area (TPSA) is 12.0 Å². The molecule has 0 spiro atoms. The maximum absolute atomic E-state index is 14.2. The van der Waals surface area contributed by atoms with Crippen LogP contribution < -0.4 is 5.32 Å². The molecular formula is C18H14F3N. The molecule has 1 heterocycles. The predicted octanol–water partition coefficient (Wildman–Crippen LogP) is 4.93. The van der Waals surface area contributed by atoms with Gasteiger partial charge in [0.05, 0.1) is 11.7 Å². The van der Waals surface area contributed by atoms with Gasteiger partial charge in [-0.3, -0.25) is 0 Å². The van der Waals surface area contributed by atoms with Gasteiger partial charge in [-0.1, -0.05) is 24.3 Å². The molecule has 0 amide bonds. The average molecular weight is 301 g/mol. The zero-order chi connectivity index (χ0) is 15.3. The number of benzene rings is 2. The fourth-order valence-electron chi connectivity index (χ4n) is 3.62. The molecule has 0 saturated heterocycles. The van der Waals surface area contributed by atoms with Crippen LogP contribution in [-0.2, 0) is 0 Å². The lowest BCUT2D eigenvalue weighted by atomic mass is 9.77. The highest BCUT2D eigenvalue weighted by Crippen LogP contribution is 2.50. The molecule has 1 nitrogen and oxygen atoms in total. The third kappa shape index (κ3) is 2.02. The Labute approximate surface area is 126 Å². The van der Waals surface area contributed by atoms with Gasteiger partial charge in [-0.15, -0.1) is 0 Å². The Bertz CT molecular complexity index is 752. The summed E-state index contributed by atoms with van der Waals surface area (Å²) in [4.78, 5) is 0. The summed E-state index contributed by atoms with van der Waals surface area (Å²) in [6.07, 6.45) is 4.89. The zero-order valence-electron chi connectivity index (χ0n) is 11.7. The summed E-state index contributed by atoms with van der Waals surface area (Å²) in [6, 6.07) is 8.43. The van der Waals surface area contributed by atoms with Crippen molar-refractivity contribution in [1.82, 2.24) is 0 Å². The van der Waals surface area contributed by atoms with Crippen LogP contribution in [0.2, 0.25) is 0 Å². The van der Waals surface area contributed by atoms with Gasteiger partial charge in [0.25, 0.3) is 0 Å². The van der Waals surface area contributed by atoms with Crippen LogP contribution in [0.5, 0.6) is 0 Å². The first-order valence-electron chi connectivity index (χ1n) is 7.31. The summed E-state index contributed by atoms with van der Waals surface area (Å²) < 4.78 is 40.8. The zero-order valence-corrected chi connectivity index (χ0v) is 11.7. The molecule has 4 rings (SSSR count). The molecule has 1 aliphatic carbocycles. The van der Waals surface area contributed by atoms with Gasteiger partial charge in [0, 0.05) is 12.0 Å². The Morgan fingerprint density at radius 1 is 0.955 bits per heavy atom. The molecule has 0 saturated carbocycles. The first-order valence-corrected chi connectivity index (χ1v) is 7.31. The van der Waals surface area contributed by atoms with E-state index in [1.165, 1.54) is 18.2 Å². The number of rotatable bonds is 1. The second-order valence-electron chi connectivity index (χ2n) is 5.88. The molecule has 112 valence electrons. The van der Waals surface area contributed by atoms with Gasteiger partial charge in [-0.05, 0) is 41.7 Å². The summed E-state index contributed by atoms with van der Waals surface area (Å²) >= 11 is 0. The molecule has 2 aromatic carbocycles. The van der Waals surface area contributed by atoms with Crippen LogP contribution in [0.15, 0.2) is 48.6 Å². The highest BCUT2D eigenvalue weighted by atomic mass is 19.1. The first-order chi connectivity index (χ1) is 10.6. The van der Waals surface area contributed by atoms with E-state index < -0.39 is 11.6 Å². The van der Waals surface area contributed by atoms with E-state index in [-0.39, 0.29) is 23.7 Å². The van der Waals surface area contributed by atoms with Gasteiger partial charge in [-0.2, -0.15) is 0 Å². The van der Waals surface area contributed by atoms with Crippen molar-refractivity contribution in [2.45, 2.75) is 18.4 Å². The number of nitrogens with one attached hydrogen (secondary N) is 1. The molecule has 0 aromatic heterocycles. The number of halogens is 3. The fraction of sp³-hybridized carbons (Fsp3) is 0.222. The lowest BCUT2D eigenvalue weighted by molar-refractivity contribution is 0.418. The van der Waals surface area contributed by atoms with Crippen LogP contribution >= 0.6 is 0 Å². The minimum atomic E-state index is -0.583. The monoisotopic (exact) mass is 301 g/mol. The lowest BCUT2D eigenvalue weighted by Crippen LogP contribution is -2.29. The van der Waals surface area contributed by atoms with Crippen molar-refractivity contribution in [3.8, 4) is 0 Å². The normalized spacial score (nSPS) is 25.5. The van der Waals surface area contributed by atoms with Crippen LogP contribution in [0.25, 0.3) is 0 Å². The Morgan fingerprint density at radius 2 is 1.73 bits per heavy atom. The number of fused-ring (bicyclic) bond motifs is 3. The lowest BCUT2D eigenvalue weighted by Gasteiger charge is -2.37. The molecule has 4 heteroatoms. The van der Waals surface area contributed by atoms with Crippen molar-refractivity contribution in [3.05, 3.63) is 77.1 Å². The third-order valence-electron chi connectivity index (χ3n) is 4.61. The average Bonchev–Trinajstić information content (AvgIpc) is 2.97. The molecule has 1 N–H and O–H groups in total. The molecule has 2 aromatic rings. The number of allylic oxidation sites excluding steroid dienone is 2. The predicted molar refractivity (Wildman–Crippen MR) is 79.1 cm³/mol. The summed E-state index contributed by atoms with van der Waals surface area (Å²) in [5, 5.41) is 3.20. The minimum absolute atomic E-state index is 0.0171. The smallest absolute Gasteiger partial charge is 0.149 e. The van der Waals surface area contributed by atoms with E-state index in [4.69, 9.17) is 0 Å². The van der Waals surface area contributed by atoms with E-state index in [1.54, 1.807) is 12.1 Å². The van der Waals surface area contributed by atoms with Crippen LogP contribution in [0.3, 0.4) is 0 Å². The molecular weight excluding hydrogens is 287 g/mol. The van der Waals surface area contributed by atoms with Gasteiger partial charge >= 0.3 is 0 Å². The van der Waals surface area contributed by atoms with Crippen LogP contribution in [0.4, 0.5) is 18.9 Å². The molecule has 3 atom stereocenters. The first kappa shape index (κ1) is 13.4. The molecule has 0 radical (unpaired) electrons. The molecule has 0 fully saturated rings. The highest BCUT2D eigenvalue weighted by molar-refractivity contribution is 5.60. The molecule has 0 bridgehead atoms. The number of anilines is 1. The summed E-state index contributed by atoms with van der Waals surface area (Å²) in [7, 11) is 0. The van der Waals surface area contributed by atoms with Gasteiger partial charge < -0.3 is 5.32 Å². The Balaban J connectivity index is 1.82. The van der Waals surface area contributed by atoms with E-state index in [9.17, 15) is 13.2 Å². The Hall–Kier alpha value is -2.23. The quantitative estimate of drug-likeness (QED) is 0.736. The van der Waals surface area contributed by atoms with Gasteiger partial charge in [0.2, 0.25) is 0 Å². The maximum Gasteiger partial charge on any atom is 0.149 e. The van der Waals surface area contributed by atoms with Crippen molar-refractivity contribution in [1.29, 1.82) is 0 Å². The Morgan fingerprint density at radius 3 is 2.50 bits per heavy atom. The number of hydrogen-bond donors (Lipinski definition) is 1. The van der Waals surface area contributed by atoms with Gasteiger partial charge in [0.15, 0.2) is 0 Å². The van der Waals surface area contributed by atoms with Gasteiger partial charge in [0.1, 0.15) is 17.5 Å². The highest BCUT2D eigenvalue weighted by Gasteiger charge is 2.39. The third-order valence-corrected chi connectivity index (χ3v) is 4.61. The summed E-state index contributed by atoms with van der Waals surface area (Å²) in [6.45, 7) is 0. The van der Waals surface area contributed by atoms with Crippen molar-refractivity contribution >= 4 is 5.69 Å². The second-order valence-corrected chi connectivity index (χ2v) is 5.88. The van der Waals surface area contributed by atoms with Crippen molar-refractivity contribution in [2.24, 2.45) is 5.92 Å². The largest absolute Gasteiger partial charge is 0.375 e. The molecule has 0 unspecified atom stereocenters. The van der Waals surface area contributed by atoms with Crippen LogP contribution in [-0.4, -0.2) is 0 Å².